The first kappa shape index (κ1) is 15.3. The summed E-state index contributed by atoms with van der Waals surface area (Å²) in [6.07, 6.45) is 2.00. The average molecular weight is 278 g/mol. The van der Waals surface area contributed by atoms with Crippen LogP contribution in [0.4, 0.5) is 0 Å². The molecule has 0 radical (unpaired) electrons. The van der Waals surface area contributed by atoms with Crippen molar-refractivity contribution < 1.29 is 9.84 Å². The van der Waals surface area contributed by atoms with Gasteiger partial charge in [-0.1, -0.05) is 12.1 Å². The number of hydrogen-bond donors (Lipinski definition) is 2. The van der Waals surface area contributed by atoms with Gasteiger partial charge in [0.05, 0.1) is 6.10 Å². The smallest absolute Gasteiger partial charge is 0.119 e. The SMILES string of the molecule is CC(O)C1CCN(CCOc2ccc(CN)cc2)CC1. The van der Waals surface area contributed by atoms with Gasteiger partial charge in [-0.05, 0) is 56.5 Å². The zero-order valence-corrected chi connectivity index (χ0v) is 12.3. The minimum absolute atomic E-state index is 0.172. The van der Waals surface area contributed by atoms with Crippen molar-refractivity contribution in [3.63, 3.8) is 0 Å². The minimum Gasteiger partial charge on any atom is -0.492 e. The van der Waals surface area contributed by atoms with Gasteiger partial charge in [0.15, 0.2) is 0 Å². The molecule has 4 heteroatoms. The molecule has 1 fully saturated rings. The normalized spacial score (nSPS) is 18.9. The molecular weight excluding hydrogens is 252 g/mol. The Morgan fingerprint density at radius 2 is 1.95 bits per heavy atom. The standard InChI is InChI=1S/C16H26N2O2/c1-13(19)15-6-8-18(9-7-15)10-11-20-16-4-2-14(12-17)3-5-16/h2-5,13,15,19H,6-12,17H2,1H3. The monoisotopic (exact) mass is 278 g/mol. The van der Waals surface area contributed by atoms with E-state index in [1.807, 2.05) is 31.2 Å². The maximum Gasteiger partial charge on any atom is 0.119 e. The number of aliphatic hydroxyl groups is 1. The van der Waals surface area contributed by atoms with Crippen molar-refractivity contribution >= 4 is 0 Å². The Balaban J connectivity index is 1.66. The van der Waals surface area contributed by atoms with E-state index >= 15 is 0 Å². The number of likely N-dealkylation sites (tertiary alicyclic amines) is 1. The molecule has 0 saturated carbocycles. The summed E-state index contributed by atoms with van der Waals surface area (Å²) in [5, 5.41) is 9.58. The van der Waals surface area contributed by atoms with Crippen molar-refractivity contribution in [1.29, 1.82) is 0 Å². The summed E-state index contributed by atoms with van der Waals surface area (Å²) >= 11 is 0. The van der Waals surface area contributed by atoms with Gasteiger partial charge in [0.25, 0.3) is 0 Å². The first-order valence-corrected chi connectivity index (χ1v) is 7.51. The molecule has 2 rings (SSSR count). The fourth-order valence-corrected chi connectivity index (χ4v) is 2.67. The number of nitrogens with two attached hydrogens (primary N) is 1. The summed E-state index contributed by atoms with van der Waals surface area (Å²) in [5.74, 6) is 1.37. The van der Waals surface area contributed by atoms with Gasteiger partial charge in [0, 0.05) is 13.1 Å². The van der Waals surface area contributed by atoms with Crippen LogP contribution in [-0.2, 0) is 6.54 Å². The molecule has 1 unspecified atom stereocenters. The summed E-state index contributed by atoms with van der Waals surface area (Å²) < 4.78 is 5.75. The summed E-state index contributed by atoms with van der Waals surface area (Å²) in [6, 6.07) is 7.96. The number of hydrogen-bond acceptors (Lipinski definition) is 4. The molecule has 0 bridgehead atoms. The fourth-order valence-electron chi connectivity index (χ4n) is 2.67. The van der Waals surface area contributed by atoms with E-state index in [0.717, 1.165) is 43.8 Å². The fraction of sp³-hybridized carbons (Fsp3) is 0.625. The lowest BCUT2D eigenvalue weighted by Crippen LogP contribution is -2.39. The van der Waals surface area contributed by atoms with Gasteiger partial charge in [-0.3, -0.25) is 4.90 Å². The van der Waals surface area contributed by atoms with Gasteiger partial charge in [0.2, 0.25) is 0 Å². The van der Waals surface area contributed by atoms with Crippen molar-refractivity contribution in [3.05, 3.63) is 29.8 Å². The molecule has 1 aromatic rings. The number of ether oxygens (including phenoxy) is 1. The molecule has 1 aromatic carbocycles. The lowest BCUT2D eigenvalue weighted by atomic mass is 9.92. The molecule has 0 amide bonds. The number of benzene rings is 1. The Kier molecular flexibility index (Phi) is 5.83. The second-order valence-corrected chi connectivity index (χ2v) is 5.62. The molecule has 3 N–H and O–H groups in total. The minimum atomic E-state index is -0.172. The summed E-state index contributed by atoms with van der Waals surface area (Å²) in [7, 11) is 0. The summed E-state index contributed by atoms with van der Waals surface area (Å²) in [4.78, 5) is 2.41. The summed E-state index contributed by atoms with van der Waals surface area (Å²) in [5.41, 5.74) is 6.69. The van der Waals surface area contributed by atoms with Crippen molar-refractivity contribution in [1.82, 2.24) is 4.90 Å². The lowest BCUT2D eigenvalue weighted by Gasteiger charge is -2.33. The van der Waals surface area contributed by atoms with Crippen LogP contribution in [0.2, 0.25) is 0 Å². The second-order valence-electron chi connectivity index (χ2n) is 5.62. The maximum atomic E-state index is 9.58. The van der Waals surface area contributed by atoms with Crippen molar-refractivity contribution in [2.24, 2.45) is 11.7 Å². The highest BCUT2D eigenvalue weighted by Gasteiger charge is 2.22. The van der Waals surface area contributed by atoms with Crippen LogP contribution in [0.1, 0.15) is 25.3 Å². The maximum absolute atomic E-state index is 9.58. The molecule has 0 spiro atoms. The average Bonchev–Trinajstić information content (AvgIpc) is 2.48. The van der Waals surface area contributed by atoms with E-state index in [9.17, 15) is 5.11 Å². The third-order valence-corrected chi connectivity index (χ3v) is 4.15. The predicted octanol–water partition coefficient (Wildman–Crippen LogP) is 1.62. The van der Waals surface area contributed by atoms with Crippen LogP contribution in [0, 0.1) is 5.92 Å². The van der Waals surface area contributed by atoms with Gasteiger partial charge in [-0.15, -0.1) is 0 Å². The Labute approximate surface area is 121 Å². The molecule has 0 aliphatic carbocycles. The van der Waals surface area contributed by atoms with Gasteiger partial charge < -0.3 is 15.6 Å². The Morgan fingerprint density at radius 1 is 1.30 bits per heavy atom. The second kappa shape index (κ2) is 7.62. The van der Waals surface area contributed by atoms with Crippen LogP contribution in [0.25, 0.3) is 0 Å². The number of rotatable bonds is 6. The molecule has 0 aromatic heterocycles. The van der Waals surface area contributed by atoms with Crippen LogP contribution < -0.4 is 10.5 Å². The molecular formula is C16H26N2O2. The van der Waals surface area contributed by atoms with E-state index in [0.29, 0.717) is 19.1 Å². The molecule has 4 nitrogen and oxygen atoms in total. The topological polar surface area (TPSA) is 58.7 Å². The molecule has 1 aliphatic heterocycles. The highest BCUT2D eigenvalue weighted by atomic mass is 16.5. The molecule has 1 aliphatic rings. The van der Waals surface area contributed by atoms with Crippen molar-refractivity contribution in [3.8, 4) is 5.75 Å². The Bertz CT molecular complexity index is 384. The number of aliphatic hydroxyl groups excluding tert-OH is 1. The van der Waals surface area contributed by atoms with E-state index in [4.69, 9.17) is 10.5 Å². The highest BCUT2D eigenvalue weighted by molar-refractivity contribution is 5.27. The Hall–Kier alpha value is -1.10. The highest BCUT2D eigenvalue weighted by Crippen LogP contribution is 2.20. The largest absolute Gasteiger partial charge is 0.492 e. The van der Waals surface area contributed by atoms with Crippen LogP contribution >= 0.6 is 0 Å². The third kappa shape index (κ3) is 4.47. The zero-order chi connectivity index (χ0) is 14.4. The van der Waals surface area contributed by atoms with Crippen LogP contribution in [0.3, 0.4) is 0 Å². The molecule has 1 saturated heterocycles. The summed E-state index contributed by atoms with van der Waals surface area (Å²) in [6.45, 7) is 6.25. The predicted molar refractivity (Wildman–Crippen MR) is 80.7 cm³/mol. The van der Waals surface area contributed by atoms with Crippen molar-refractivity contribution in [2.75, 3.05) is 26.2 Å². The van der Waals surface area contributed by atoms with E-state index in [1.165, 1.54) is 0 Å². The number of piperidine rings is 1. The van der Waals surface area contributed by atoms with Gasteiger partial charge >= 0.3 is 0 Å². The van der Waals surface area contributed by atoms with Gasteiger partial charge in [0.1, 0.15) is 12.4 Å². The first-order chi connectivity index (χ1) is 9.69. The van der Waals surface area contributed by atoms with Crippen LogP contribution in [-0.4, -0.2) is 42.4 Å². The molecule has 1 heterocycles. The van der Waals surface area contributed by atoms with Crippen molar-refractivity contribution in [2.45, 2.75) is 32.4 Å². The van der Waals surface area contributed by atoms with E-state index < -0.39 is 0 Å². The zero-order valence-electron chi connectivity index (χ0n) is 12.3. The van der Waals surface area contributed by atoms with Gasteiger partial charge in [-0.2, -0.15) is 0 Å². The van der Waals surface area contributed by atoms with Gasteiger partial charge in [-0.25, -0.2) is 0 Å². The Morgan fingerprint density at radius 3 is 2.50 bits per heavy atom. The van der Waals surface area contributed by atoms with E-state index in [1.54, 1.807) is 0 Å². The van der Waals surface area contributed by atoms with Crippen LogP contribution in [0.5, 0.6) is 5.75 Å². The molecule has 20 heavy (non-hydrogen) atoms. The van der Waals surface area contributed by atoms with Crippen LogP contribution in [0.15, 0.2) is 24.3 Å². The lowest BCUT2D eigenvalue weighted by molar-refractivity contribution is 0.0672. The van der Waals surface area contributed by atoms with E-state index in [2.05, 4.69) is 4.90 Å². The molecule has 1 atom stereocenters. The quantitative estimate of drug-likeness (QED) is 0.830. The molecule has 112 valence electrons. The third-order valence-electron chi connectivity index (χ3n) is 4.15. The van der Waals surface area contributed by atoms with E-state index in [-0.39, 0.29) is 6.10 Å². The number of nitrogens with zero attached hydrogens (tertiary/aromatic N) is 1. The first-order valence-electron chi connectivity index (χ1n) is 7.51.